The van der Waals surface area contributed by atoms with E-state index in [1.54, 1.807) is 37.3 Å². The van der Waals surface area contributed by atoms with Crippen LogP contribution < -0.4 is 5.73 Å². The number of nitrogens with zero attached hydrogens (tertiary/aromatic N) is 3. The van der Waals surface area contributed by atoms with E-state index >= 15 is 0 Å². The number of anilines is 1. The maximum Gasteiger partial charge on any atom is 0.243 e. The van der Waals surface area contributed by atoms with Gasteiger partial charge in [-0.3, -0.25) is 0 Å². The van der Waals surface area contributed by atoms with Crippen LogP contribution in [0.25, 0.3) is 5.52 Å². The first-order valence-corrected chi connectivity index (χ1v) is 9.57. The smallest absolute Gasteiger partial charge is 0.243 e. The number of aromatic nitrogens is 3. The average Bonchev–Trinajstić information content (AvgIpc) is 3.25. The second-order valence-corrected chi connectivity index (χ2v) is 7.04. The molecule has 3 N–H and O–H groups in total. The molecule has 1 fully saturated rings. The Hall–Kier alpha value is -2.56. The number of hydrogen-bond donors (Lipinski definition) is 2. The lowest BCUT2D eigenvalue weighted by atomic mass is 9.87. The molecular weight excluding hydrogens is 388 g/mol. The highest BCUT2D eigenvalue weighted by Crippen LogP contribution is 2.49. The Morgan fingerprint density at radius 2 is 1.97 bits per heavy atom. The van der Waals surface area contributed by atoms with Crippen molar-refractivity contribution in [2.45, 2.75) is 30.5 Å². The topological polar surface area (TPSA) is 113 Å². The molecule has 0 bridgehead atoms. The van der Waals surface area contributed by atoms with Gasteiger partial charge in [-0.1, -0.05) is 18.2 Å². The van der Waals surface area contributed by atoms with Crippen molar-refractivity contribution >= 4 is 11.3 Å². The number of nitrogens with two attached hydrogens (primary N) is 1. The Balaban J connectivity index is 2.10. The van der Waals surface area contributed by atoms with Crippen molar-refractivity contribution in [3.05, 3.63) is 62.1 Å². The summed E-state index contributed by atoms with van der Waals surface area (Å²) in [5.41, 5.74) is 5.49. The van der Waals surface area contributed by atoms with Crippen molar-refractivity contribution in [1.29, 1.82) is 0 Å². The predicted molar refractivity (Wildman–Crippen MR) is 112 cm³/mol. The summed E-state index contributed by atoms with van der Waals surface area (Å²) in [5.74, 6) is -1.66. The average molecular weight is 416 g/mol. The van der Waals surface area contributed by atoms with Gasteiger partial charge in [-0.05, 0) is 19.1 Å². The zero-order valence-electron chi connectivity index (χ0n) is 17.1. The highest BCUT2D eigenvalue weighted by molar-refractivity contribution is 5.65. The summed E-state index contributed by atoms with van der Waals surface area (Å²) in [5, 5.41) is 16.1. The molecule has 9 heteroatoms. The van der Waals surface area contributed by atoms with E-state index in [1.165, 1.54) is 10.8 Å². The molecule has 2 aromatic rings. The molecule has 0 saturated carbocycles. The summed E-state index contributed by atoms with van der Waals surface area (Å²) in [6, 6.07) is 3.38. The largest absolute Gasteiger partial charge is 0.382 e. The van der Waals surface area contributed by atoms with Crippen LogP contribution in [0.5, 0.6) is 0 Å². The third kappa shape index (κ3) is 3.66. The van der Waals surface area contributed by atoms with Crippen molar-refractivity contribution < 1.29 is 24.1 Å². The van der Waals surface area contributed by atoms with Crippen LogP contribution in [0.15, 0.2) is 56.4 Å². The molecular formula is C21H28N4O5. The van der Waals surface area contributed by atoms with Gasteiger partial charge in [0, 0.05) is 0 Å². The van der Waals surface area contributed by atoms with E-state index in [2.05, 4.69) is 29.8 Å². The van der Waals surface area contributed by atoms with Gasteiger partial charge in [-0.2, -0.15) is 5.10 Å². The van der Waals surface area contributed by atoms with Crippen LogP contribution in [0, 0.1) is 0 Å². The second-order valence-electron chi connectivity index (χ2n) is 7.04. The molecule has 3 rings (SSSR count). The number of hydrogen-bond acceptors (Lipinski definition) is 8. The van der Waals surface area contributed by atoms with Gasteiger partial charge in [0.1, 0.15) is 29.7 Å². The molecule has 1 saturated heterocycles. The van der Waals surface area contributed by atoms with Gasteiger partial charge in [0.05, 0.1) is 26.4 Å². The number of ether oxygens (including phenoxy) is 4. The molecule has 1 aliphatic heterocycles. The van der Waals surface area contributed by atoms with Crippen molar-refractivity contribution in [3.8, 4) is 0 Å². The standard InChI is InChI=1S/C21H28N4O5/c1-5-10-27-13-16-18(28-11-6-2)20(4,29-12-7-3)21(26,30-16)17-9-8-15-19(22)23-14-24-25(15)17/h5-9,14,16,18,26H,1-3,10-13H2,4H3,(H2,22,23,24). The highest BCUT2D eigenvalue weighted by Gasteiger charge is 2.66. The lowest BCUT2D eigenvalue weighted by Gasteiger charge is -2.39. The van der Waals surface area contributed by atoms with Gasteiger partial charge in [0.2, 0.25) is 5.79 Å². The van der Waals surface area contributed by atoms with E-state index in [9.17, 15) is 5.11 Å². The Kier molecular flexibility index (Phi) is 6.69. The minimum absolute atomic E-state index is 0.156. The van der Waals surface area contributed by atoms with Crippen LogP contribution >= 0.6 is 0 Å². The lowest BCUT2D eigenvalue weighted by Crippen LogP contribution is -2.56. The summed E-state index contributed by atoms with van der Waals surface area (Å²) >= 11 is 0. The summed E-state index contributed by atoms with van der Waals surface area (Å²) in [6.45, 7) is 13.7. The normalized spacial score (nSPS) is 28.6. The van der Waals surface area contributed by atoms with E-state index < -0.39 is 23.6 Å². The minimum Gasteiger partial charge on any atom is -0.382 e. The molecule has 9 nitrogen and oxygen atoms in total. The van der Waals surface area contributed by atoms with Crippen LogP contribution in [0.4, 0.5) is 5.82 Å². The van der Waals surface area contributed by atoms with Gasteiger partial charge in [0.15, 0.2) is 11.4 Å². The third-order valence-corrected chi connectivity index (χ3v) is 5.12. The minimum atomic E-state index is -1.93. The van der Waals surface area contributed by atoms with Gasteiger partial charge < -0.3 is 29.8 Å². The van der Waals surface area contributed by atoms with Crippen LogP contribution in [0.3, 0.4) is 0 Å². The van der Waals surface area contributed by atoms with Crippen LogP contribution in [0.1, 0.15) is 12.6 Å². The Bertz CT molecular complexity index is 916. The van der Waals surface area contributed by atoms with Crippen molar-refractivity contribution in [2.24, 2.45) is 0 Å². The molecule has 4 atom stereocenters. The molecule has 0 radical (unpaired) electrons. The monoisotopic (exact) mass is 416 g/mol. The zero-order chi connectivity index (χ0) is 21.8. The lowest BCUT2D eigenvalue weighted by molar-refractivity contribution is -0.288. The molecule has 1 aliphatic rings. The van der Waals surface area contributed by atoms with Crippen molar-refractivity contribution in [3.63, 3.8) is 0 Å². The quantitative estimate of drug-likeness (QED) is 0.419. The zero-order valence-corrected chi connectivity index (χ0v) is 17.1. The maximum atomic E-state index is 11.9. The molecule has 4 unspecified atom stereocenters. The third-order valence-electron chi connectivity index (χ3n) is 5.12. The number of fused-ring (bicyclic) bond motifs is 1. The fraction of sp³-hybridized carbons (Fsp3) is 0.429. The fourth-order valence-corrected chi connectivity index (χ4v) is 3.71. The van der Waals surface area contributed by atoms with Gasteiger partial charge >= 0.3 is 0 Å². The van der Waals surface area contributed by atoms with Crippen molar-refractivity contribution in [1.82, 2.24) is 14.6 Å². The SMILES string of the molecule is C=CCOCC1OC(O)(c2ccc3c(N)ncnn23)C(C)(OCC=C)C1OCC=C. The molecule has 2 aromatic heterocycles. The van der Waals surface area contributed by atoms with Gasteiger partial charge in [-0.25, -0.2) is 9.50 Å². The molecule has 3 heterocycles. The van der Waals surface area contributed by atoms with Gasteiger partial charge in [-0.15, -0.1) is 19.7 Å². The molecule has 0 spiro atoms. The number of aliphatic hydroxyl groups is 1. The van der Waals surface area contributed by atoms with Crippen LogP contribution in [-0.4, -0.2) is 63.9 Å². The number of nitrogen functional groups attached to an aromatic ring is 1. The Morgan fingerprint density at radius 3 is 2.67 bits per heavy atom. The Labute approximate surface area is 175 Å². The molecule has 0 aromatic carbocycles. The summed E-state index contributed by atoms with van der Waals surface area (Å²) < 4.78 is 25.3. The molecule has 0 aliphatic carbocycles. The van der Waals surface area contributed by atoms with E-state index in [0.717, 1.165) is 0 Å². The molecule has 0 amide bonds. The van der Waals surface area contributed by atoms with Crippen molar-refractivity contribution in [2.75, 3.05) is 32.2 Å². The van der Waals surface area contributed by atoms with E-state index in [0.29, 0.717) is 17.8 Å². The first-order valence-electron chi connectivity index (χ1n) is 9.57. The summed E-state index contributed by atoms with van der Waals surface area (Å²) in [4.78, 5) is 3.99. The van der Waals surface area contributed by atoms with E-state index in [4.69, 9.17) is 24.7 Å². The predicted octanol–water partition coefficient (Wildman–Crippen LogP) is 1.59. The first-order chi connectivity index (χ1) is 14.4. The molecule has 162 valence electrons. The van der Waals surface area contributed by atoms with Crippen LogP contribution in [0.2, 0.25) is 0 Å². The fourth-order valence-electron chi connectivity index (χ4n) is 3.71. The summed E-state index contributed by atoms with van der Waals surface area (Å²) in [6.07, 6.45) is 4.82. The van der Waals surface area contributed by atoms with E-state index in [-0.39, 0.29) is 25.6 Å². The highest BCUT2D eigenvalue weighted by atomic mass is 16.7. The van der Waals surface area contributed by atoms with Crippen LogP contribution in [-0.2, 0) is 24.7 Å². The summed E-state index contributed by atoms with van der Waals surface area (Å²) in [7, 11) is 0. The second kappa shape index (κ2) is 9.07. The molecule has 30 heavy (non-hydrogen) atoms. The Morgan fingerprint density at radius 1 is 1.23 bits per heavy atom. The number of rotatable bonds is 11. The van der Waals surface area contributed by atoms with Gasteiger partial charge in [0.25, 0.3) is 0 Å². The van der Waals surface area contributed by atoms with E-state index in [1.807, 2.05) is 0 Å². The first kappa shape index (κ1) is 22.1. The maximum absolute atomic E-state index is 11.9.